The van der Waals surface area contributed by atoms with Crippen molar-refractivity contribution in [1.29, 1.82) is 5.26 Å². The second-order valence-electron chi connectivity index (χ2n) is 10.2. The Kier molecular flexibility index (Phi) is 10.2. The predicted octanol–water partition coefficient (Wildman–Crippen LogP) is 5.88. The van der Waals surface area contributed by atoms with E-state index >= 15 is 0 Å². The van der Waals surface area contributed by atoms with Crippen molar-refractivity contribution in [1.82, 2.24) is 10.2 Å². The number of amides is 2. The average molecular weight is 609 g/mol. The number of carboxylic acid groups (broad SMARTS) is 1. The first-order valence-electron chi connectivity index (χ1n) is 13.6. The number of rotatable bonds is 10. The summed E-state index contributed by atoms with van der Waals surface area (Å²) in [4.78, 5) is 41.2. The number of nitriles is 1. The summed E-state index contributed by atoms with van der Waals surface area (Å²) >= 11 is 12.4. The molecule has 1 aliphatic heterocycles. The van der Waals surface area contributed by atoms with Gasteiger partial charge in [0.15, 0.2) is 0 Å². The minimum absolute atomic E-state index is 0.199. The molecule has 0 aliphatic carbocycles. The highest BCUT2D eigenvalue weighted by Gasteiger charge is 2.48. The van der Waals surface area contributed by atoms with Crippen molar-refractivity contribution < 1.29 is 24.2 Å². The van der Waals surface area contributed by atoms with Crippen molar-refractivity contribution >= 4 is 41.0 Å². The molecule has 42 heavy (non-hydrogen) atoms. The molecule has 218 valence electrons. The van der Waals surface area contributed by atoms with Gasteiger partial charge in [0.1, 0.15) is 24.3 Å². The minimum atomic E-state index is -1.18. The molecule has 8 nitrogen and oxygen atoms in total. The molecule has 3 aromatic carbocycles. The summed E-state index contributed by atoms with van der Waals surface area (Å²) in [6, 6.07) is 20.2. The fourth-order valence-corrected chi connectivity index (χ4v) is 5.37. The van der Waals surface area contributed by atoms with E-state index in [1.807, 2.05) is 19.1 Å². The lowest BCUT2D eigenvalue weighted by Gasteiger charge is -2.48. The highest BCUT2D eigenvalue weighted by atomic mass is 35.5. The van der Waals surface area contributed by atoms with Gasteiger partial charge in [-0.25, -0.2) is 0 Å². The van der Waals surface area contributed by atoms with E-state index in [0.29, 0.717) is 34.0 Å². The van der Waals surface area contributed by atoms with E-state index in [4.69, 9.17) is 27.9 Å². The van der Waals surface area contributed by atoms with Crippen molar-refractivity contribution in [3.05, 3.63) is 105 Å². The second kappa shape index (κ2) is 13.8. The molecule has 2 amide bonds. The first-order valence-corrected chi connectivity index (χ1v) is 14.4. The lowest BCUT2D eigenvalue weighted by molar-refractivity contribution is -0.181. The SMILES string of the molecule is CCC[C@@H](C(=O)N[C@H](C)C(=O)O)N1C(=O)[C@@H](Cc2ccc(C#N)cc2)O[C@H](c2ccc(Cl)cc2)[C@@H]1c1ccc(Cl)cc1. The molecule has 0 aromatic heterocycles. The number of morpholine rings is 1. The van der Waals surface area contributed by atoms with Gasteiger partial charge in [-0.05, 0) is 66.4 Å². The van der Waals surface area contributed by atoms with E-state index in [9.17, 15) is 24.8 Å². The normalized spacial score (nSPS) is 19.9. The number of ether oxygens (including phenoxy) is 1. The zero-order valence-electron chi connectivity index (χ0n) is 23.2. The Balaban J connectivity index is 1.85. The molecule has 0 saturated carbocycles. The van der Waals surface area contributed by atoms with E-state index in [1.54, 1.807) is 65.6 Å². The summed E-state index contributed by atoms with van der Waals surface area (Å²) in [7, 11) is 0. The van der Waals surface area contributed by atoms with Crippen LogP contribution in [0.15, 0.2) is 72.8 Å². The number of carbonyl (C=O) groups is 3. The smallest absolute Gasteiger partial charge is 0.325 e. The Morgan fingerprint density at radius 1 is 1.00 bits per heavy atom. The molecule has 1 saturated heterocycles. The maximum absolute atomic E-state index is 14.4. The van der Waals surface area contributed by atoms with Crippen molar-refractivity contribution in [3.63, 3.8) is 0 Å². The van der Waals surface area contributed by atoms with Crippen LogP contribution in [0.25, 0.3) is 0 Å². The van der Waals surface area contributed by atoms with E-state index < -0.39 is 48.1 Å². The van der Waals surface area contributed by atoms with Crippen LogP contribution in [0.3, 0.4) is 0 Å². The lowest BCUT2D eigenvalue weighted by Crippen LogP contribution is -2.60. The van der Waals surface area contributed by atoms with Crippen LogP contribution in [0.2, 0.25) is 10.0 Å². The first-order chi connectivity index (χ1) is 20.1. The molecule has 1 heterocycles. The standard InChI is InChI=1S/C32H31Cl2N3O5/c1-3-4-26(30(38)36-19(2)32(40)41)37-28(22-9-13-24(33)14-10-22)29(23-11-15-25(34)16-12-23)42-27(31(37)39)17-20-5-7-21(18-35)8-6-20/h5-16,19,26-29H,3-4,17H2,1-2H3,(H,36,38)(H,40,41)/t19-,26+,27-,28+,29-/m1/s1. The Labute approximate surface area is 254 Å². The quantitative estimate of drug-likeness (QED) is 0.297. The van der Waals surface area contributed by atoms with Gasteiger partial charge in [-0.3, -0.25) is 14.4 Å². The zero-order chi connectivity index (χ0) is 30.4. The highest BCUT2D eigenvalue weighted by molar-refractivity contribution is 6.30. The Bertz CT molecular complexity index is 1460. The van der Waals surface area contributed by atoms with Gasteiger partial charge in [-0.1, -0.05) is 72.9 Å². The summed E-state index contributed by atoms with van der Waals surface area (Å²) in [6.07, 6.45) is -0.612. The van der Waals surface area contributed by atoms with Crippen molar-refractivity contribution in [2.45, 2.75) is 63.4 Å². The molecule has 0 unspecified atom stereocenters. The molecule has 0 spiro atoms. The number of nitrogens with one attached hydrogen (secondary N) is 1. The Hall–Kier alpha value is -3.90. The second-order valence-corrected chi connectivity index (χ2v) is 11.1. The molecule has 0 bridgehead atoms. The van der Waals surface area contributed by atoms with Gasteiger partial charge in [0.25, 0.3) is 5.91 Å². The first kappa shape index (κ1) is 31.0. The third kappa shape index (κ3) is 7.11. The van der Waals surface area contributed by atoms with Crippen LogP contribution < -0.4 is 5.32 Å². The molecule has 5 atom stereocenters. The number of hydrogen-bond donors (Lipinski definition) is 2. The number of benzene rings is 3. The van der Waals surface area contributed by atoms with Gasteiger partial charge in [0.2, 0.25) is 5.91 Å². The summed E-state index contributed by atoms with van der Waals surface area (Å²) < 4.78 is 6.58. The highest BCUT2D eigenvalue weighted by Crippen LogP contribution is 2.44. The molecular formula is C32H31Cl2N3O5. The topological polar surface area (TPSA) is 120 Å². The van der Waals surface area contributed by atoms with Crippen molar-refractivity contribution in [2.24, 2.45) is 0 Å². The number of nitrogens with zero attached hydrogens (tertiary/aromatic N) is 2. The van der Waals surface area contributed by atoms with Crippen LogP contribution in [0.5, 0.6) is 0 Å². The summed E-state index contributed by atoms with van der Waals surface area (Å²) in [5.74, 6) is -2.15. The zero-order valence-corrected chi connectivity index (χ0v) is 24.7. The van der Waals surface area contributed by atoms with Gasteiger partial charge in [0, 0.05) is 16.5 Å². The number of carboxylic acids is 1. The van der Waals surface area contributed by atoms with Crippen LogP contribution in [-0.2, 0) is 25.5 Å². The lowest BCUT2D eigenvalue weighted by atomic mass is 9.88. The molecular weight excluding hydrogens is 577 g/mol. The third-order valence-electron chi connectivity index (χ3n) is 7.27. The average Bonchev–Trinajstić information content (AvgIpc) is 2.98. The number of carbonyl (C=O) groups excluding carboxylic acids is 2. The third-order valence-corrected chi connectivity index (χ3v) is 7.78. The van der Waals surface area contributed by atoms with Crippen LogP contribution in [0.4, 0.5) is 0 Å². The van der Waals surface area contributed by atoms with Gasteiger partial charge >= 0.3 is 5.97 Å². The number of halogens is 2. The van der Waals surface area contributed by atoms with Gasteiger partial charge in [-0.2, -0.15) is 5.26 Å². The van der Waals surface area contributed by atoms with E-state index in [0.717, 1.165) is 11.1 Å². The molecule has 2 N–H and O–H groups in total. The van der Waals surface area contributed by atoms with Crippen LogP contribution in [0, 0.1) is 11.3 Å². The summed E-state index contributed by atoms with van der Waals surface area (Å²) in [5.41, 5.74) is 2.72. The van der Waals surface area contributed by atoms with E-state index in [2.05, 4.69) is 11.4 Å². The molecule has 10 heteroatoms. The molecule has 0 radical (unpaired) electrons. The van der Waals surface area contributed by atoms with Gasteiger partial charge in [0.05, 0.1) is 17.7 Å². The fraction of sp³-hybridized carbons (Fsp3) is 0.312. The molecule has 1 fully saturated rings. The fourth-order valence-electron chi connectivity index (χ4n) is 5.12. The van der Waals surface area contributed by atoms with Crippen molar-refractivity contribution in [2.75, 3.05) is 0 Å². The van der Waals surface area contributed by atoms with E-state index in [-0.39, 0.29) is 6.42 Å². The molecule has 3 aromatic rings. The molecule has 1 aliphatic rings. The van der Waals surface area contributed by atoms with Crippen LogP contribution in [-0.4, -0.2) is 46.0 Å². The summed E-state index contributed by atoms with van der Waals surface area (Å²) in [6.45, 7) is 3.28. The van der Waals surface area contributed by atoms with Gasteiger partial charge < -0.3 is 20.1 Å². The Morgan fingerprint density at radius 3 is 2.10 bits per heavy atom. The number of aliphatic carboxylic acids is 1. The summed E-state index contributed by atoms with van der Waals surface area (Å²) in [5, 5.41) is 22.3. The van der Waals surface area contributed by atoms with Crippen molar-refractivity contribution in [3.8, 4) is 6.07 Å². The Morgan fingerprint density at radius 2 is 1.57 bits per heavy atom. The minimum Gasteiger partial charge on any atom is -0.480 e. The maximum Gasteiger partial charge on any atom is 0.325 e. The van der Waals surface area contributed by atoms with Crippen LogP contribution >= 0.6 is 23.2 Å². The largest absolute Gasteiger partial charge is 0.480 e. The van der Waals surface area contributed by atoms with Gasteiger partial charge in [-0.15, -0.1) is 0 Å². The predicted molar refractivity (Wildman–Crippen MR) is 159 cm³/mol. The van der Waals surface area contributed by atoms with E-state index in [1.165, 1.54) is 6.92 Å². The van der Waals surface area contributed by atoms with Crippen LogP contribution in [0.1, 0.15) is 61.1 Å². The number of hydrogen-bond acceptors (Lipinski definition) is 5. The monoisotopic (exact) mass is 607 g/mol. The maximum atomic E-state index is 14.4. The molecule has 4 rings (SSSR count).